The number of carbonyl (C=O) groups is 1. The van der Waals surface area contributed by atoms with Gasteiger partial charge in [-0.15, -0.1) is 0 Å². The van der Waals surface area contributed by atoms with Crippen LogP contribution in [0.1, 0.15) is 22.1 Å². The normalized spacial score (nSPS) is 14.4. The Bertz CT molecular complexity index is 1470. The molecule has 180 valence electrons. The van der Waals surface area contributed by atoms with Gasteiger partial charge in [-0.2, -0.15) is 0 Å². The van der Waals surface area contributed by atoms with Gasteiger partial charge in [-0.05, 0) is 17.7 Å². The molecule has 1 saturated heterocycles. The highest BCUT2D eigenvalue weighted by molar-refractivity contribution is 5.90. The fourth-order valence-corrected chi connectivity index (χ4v) is 4.74. The number of oxazole rings is 1. The molecule has 1 aliphatic heterocycles. The molecule has 1 aliphatic rings. The second kappa shape index (κ2) is 9.79. The molecule has 0 N–H and O–H groups in total. The third-order valence-electron chi connectivity index (χ3n) is 6.69. The van der Waals surface area contributed by atoms with E-state index in [-0.39, 0.29) is 11.8 Å². The van der Waals surface area contributed by atoms with Gasteiger partial charge >= 0.3 is 5.91 Å². The fourth-order valence-electron chi connectivity index (χ4n) is 4.74. The van der Waals surface area contributed by atoms with Crippen molar-refractivity contribution in [2.75, 3.05) is 26.2 Å². The summed E-state index contributed by atoms with van der Waals surface area (Å²) in [6, 6.07) is 28.5. The van der Waals surface area contributed by atoms with Crippen LogP contribution in [0.15, 0.2) is 95.5 Å². The summed E-state index contributed by atoms with van der Waals surface area (Å²) in [5.41, 5.74) is 4.31. The lowest BCUT2D eigenvalue weighted by Crippen LogP contribution is -2.48. The molecule has 6 rings (SSSR count). The smallest absolute Gasteiger partial charge is 0.309 e. The molecule has 7 nitrogen and oxygen atoms in total. The van der Waals surface area contributed by atoms with Crippen LogP contribution in [-0.4, -0.2) is 56.4 Å². The minimum Gasteiger partial charge on any atom is -0.432 e. The molecule has 0 radical (unpaired) electrons. The van der Waals surface area contributed by atoms with Gasteiger partial charge < -0.3 is 13.9 Å². The minimum absolute atomic E-state index is 0.145. The van der Waals surface area contributed by atoms with Crippen molar-refractivity contribution in [1.82, 2.24) is 24.3 Å². The molecular weight excluding hydrogens is 450 g/mol. The molecule has 0 atom stereocenters. The van der Waals surface area contributed by atoms with Crippen LogP contribution >= 0.6 is 0 Å². The van der Waals surface area contributed by atoms with Crippen LogP contribution < -0.4 is 0 Å². The molecular formula is C29H27N5O2. The summed E-state index contributed by atoms with van der Waals surface area (Å²) in [5, 5.41) is 0. The summed E-state index contributed by atoms with van der Waals surface area (Å²) in [5.74, 6) is 1.63. The topological polar surface area (TPSA) is 67.4 Å². The number of benzene rings is 3. The van der Waals surface area contributed by atoms with Crippen LogP contribution in [-0.2, 0) is 13.1 Å². The van der Waals surface area contributed by atoms with Gasteiger partial charge in [0, 0.05) is 38.3 Å². The van der Waals surface area contributed by atoms with E-state index in [0.29, 0.717) is 18.8 Å². The van der Waals surface area contributed by atoms with E-state index >= 15 is 0 Å². The second-order valence-electron chi connectivity index (χ2n) is 9.05. The molecule has 0 saturated carbocycles. The maximum Gasteiger partial charge on any atom is 0.309 e. The summed E-state index contributed by atoms with van der Waals surface area (Å²) in [6.45, 7) is 4.31. The lowest BCUT2D eigenvalue weighted by molar-refractivity contribution is 0.0587. The Hall–Kier alpha value is -4.23. The molecule has 2 aromatic heterocycles. The number of carbonyl (C=O) groups excluding carboxylic acids is 1. The molecule has 3 aromatic carbocycles. The molecule has 3 heterocycles. The minimum atomic E-state index is -0.159. The maximum atomic E-state index is 13.0. The van der Waals surface area contributed by atoms with Crippen LogP contribution in [0.5, 0.6) is 0 Å². The average Bonchev–Trinajstić information content (AvgIpc) is 3.56. The van der Waals surface area contributed by atoms with E-state index in [1.165, 1.54) is 5.56 Å². The first kappa shape index (κ1) is 22.2. The van der Waals surface area contributed by atoms with E-state index in [4.69, 9.17) is 9.40 Å². The number of imidazole rings is 1. The molecule has 5 aromatic rings. The molecule has 0 unspecified atom stereocenters. The molecule has 0 bridgehead atoms. The van der Waals surface area contributed by atoms with Crippen molar-refractivity contribution in [3.63, 3.8) is 0 Å². The third kappa shape index (κ3) is 4.53. The van der Waals surface area contributed by atoms with Crippen molar-refractivity contribution in [2.45, 2.75) is 13.1 Å². The quantitative estimate of drug-likeness (QED) is 0.355. The number of hydrogen-bond donors (Lipinski definition) is 0. The van der Waals surface area contributed by atoms with Crippen molar-refractivity contribution in [1.29, 1.82) is 0 Å². The van der Waals surface area contributed by atoms with E-state index in [1.54, 1.807) is 6.20 Å². The molecule has 36 heavy (non-hydrogen) atoms. The average molecular weight is 478 g/mol. The summed E-state index contributed by atoms with van der Waals surface area (Å²) < 4.78 is 8.09. The van der Waals surface area contributed by atoms with Crippen LogP contribution in [0.4, 0.5) is 0 Å². The van der Waals surface area contributed by atoms with E-state index in [2.05, 4.69) is 56.9 Å². The highest BCUT2D eigenvalue weighted by Crippen LogP contribution is 2.22. The lowest BCUT2D eigenvalue weighted by Gasteiger charge is -2.33. The largest absolute Gasteiger partial charge is 0.432 e. The number of rotatable bonds is 6. The first-order valence-corrected chi connectivity index (χ1v) is 12.3. The summed E-state index contributed by atoms with van der Waals surface area (Å²) in [7, 11) is 0. The van der Waals surface area contributed by atoms with Crippen molar-refractivity contribution in [2.24, 2.45) is 0 Å². The number of para-hydroxylation sites is 2. The Balaban J connectivity index is 1.13. The van der Waals surface area contributed by atoms with Crippen molar-refractivity contribution in [3.05, 3.63) is 108 Å². The van der Waals surface area contributed by atoms with Crippen LogP contribution in [0.25, 0.3) is 22.4 Å². The molecule has 0 spiro atoms. The number of nitrogens with zero attached hydrogens (tertiary/aromatic N) is 5. The van der Waals surface area contributed by atoms with E-state index in [9.17, 15) is 4.79 Å². The number of hydrogen-bond acceptors (Lipinski definition) is 5. The zero-order chi connectivity index (χ0) is 24.3. The van der Waals surface area contributed by atoms with Gasteiger partial charge in [-0.1, -0.05) is 72.8 Å². The van der Waals surface area contributed by atoms with Crippen LogP contribution in [0.2, 0.25) is 0 Å². The Morgan fingerprint density at radius 3 is 2.28 bits per heavy atom. The summed E-state index contributed by atoms with van der Waals surface area (Å²) in [4.78, 5) is 26.4. The van der Waals surface area contributed by atoms with Gasteiger partial charge in [-0.3, -0.25) is 9.69 Å². The number of aromatic nitrogens is 3. The second-order valence-corrected chi connectivity index (χ2v) is 9.05. The van der Waals surface area contributed by atoms with E-state index < -0.39 is 0 Å². The Labute approximate surface area is 209 Å². The van der Waals surface area contributed by atoms with Crippen molar-refractivity contribution < 1.29 is 9.21 Å². The van der Waals surface area contributed by atoms with Crippen molar-refractivity contribution in [3.8, 4) is 11.3 Å². The molecule has 0 aliphatic carbocycles. The van der Waals surface area contributed by atoms with Crippen LogP contribution in [0.3, 0.4) is 0 Å². The lowest BCUT2D eigenvalue weighted by atomic mass is 10.2. The first-order valence-electron chi connectivity index (χ1n) is 12.3. The monoisotopic (exact) mass is 477 g/mol. The first-order chi connectivity index (χ1) is 17.7. The highest BCUT2D eigenvalue weighted by Gasteiger charge is 2.26. The molecule has 1 amide bonds. The van der Waals surface area contributed by atoms with Crippen molar-refractivity contribution >= 4 is 16.9 Å². The number of piperazine rings is 1. The predicted octanol–water partition coefficient (Wildman–Crippen LogP) is 4.70. The van der Waals surface area contributed by atoms with Crippen LogP contribution in [0, 0.1) is 0 Å². The van der Waals surface area contributed by atoms with Gasteiger partial charge in [-0.25, -0.2) is 9.97 Å². The Kier molecular flexibility index (Phi) is 6.05. The summed E-state index contributed by atoms with van der Waals surface area (Å²) in [6.07, 6.45) is 1.62. The third-order valence-corrected chi connectivity index (χ3v) is 6.69. The predicted molar refractivity (Wildman–Crippen MR) is 138 cm³/mol. The highest BCUT2D eigenvalue weighted by atomic mass is 16.4. The number of amides is 1. The molecule has 7 heteroatoms. The van der Waals surface area contributed by atoms with Gasteiger partial charge in [0.2, 0.25) is 0 Å². The van der Waals surface area contributed by atoms with Gasteiger partial charge in [0.1, 0.15) is 5.82 Å². The molecule has 1 fully saturated rings. The fraction of sp³-hybridized carbons (Fsp3) is 0.207. The van der Waals surface area contributed by atoms with E-state index in [0.717, 1.165) is 48.6 Å². The van der Waals surface area contributed by atoms with E-state index in [1.807, 2.05) is 47.4 Å². The zero-order valence-electron chi connectivity index (χ0n) is 20.0. The zero-order valence-corrected chi connectivity index (χ0v) is 20.0. The maximum absolute atomic E-state index is 13.0. The Morgan fingerprint density at radius 2 is 1.50 bits per heavy atom. The summed E-state index contributed by atoms with van der Waals surface area (Å²) >= 11 is 0. The van der Waals surface area contributed by atoms with Gasteiger partial charge in [0.25, 0.3) is 5.89 Å². The van der Waals surface area contributed by atoms with Gasteiger partial charge in [0.05, 0.1) is 23.8 Å². The number of fused-ring (bicyclic) bond motifs is 1. The standard InChI is InChI=1S/C29H27N5O2/c35-29(28-30-19-26(36-28)23-11-5-2-6-12-23)33-17-15-32(16-18-33)21-27-31-24-13-7-8-14-25(24)34(27)20-22-9-3-1-4-10-22/h1-14,19H,15-18,20-21H2. The SMILES string of the molecule is O=C(c1ncc(-c2ccccc2)o1)N1CCN(Cc2nc3ccccc3n2Cc2ccccc2)CC1. The Morgan fingerprint density at radius 1 is 0.806 bits per heavy atom. The van der Waals surface area contributed by atoms with Gasteiger partial charge in [0.15, 0.2) is 5.76 Å².